The number of nitrogens with zero attached hydrogens (tertiary/aromatic N) is 1. The highest BCUT2D eigenvalue weighted by atomic mass is 32.2. The lowest BCUT2D eigenvalue weighted by molar-refractivity contribution is -0.136. The van der Waals surface area contributed by atoms with E-state index in [1.54, 1.807) is 0 Å². The fourth-order valence-electron chi connectivity index (χ4n) is 3.22. The summed E-state index contributed by atoms with van der Waals surface area (Å²) in [5, 5.41) is 3.64. The molecule has 5 heteroatoms. The van der Waals surface area contributed by atoms with Crippen molar-refractivity contribution in [2.24, 2.45) is 0 Å². The summed E-state index contributed by atoms with van der Waals surface area (Å²) in [6.45, 7) is 3.45. The van der Waals surface area contributed by atoms with Crippen LogP contribution in [0.5, 0.6) is 0 Å². The molecule has 3 rings (SSSR count). The van der Waals surface area contributed by atoms with Gasteiger partial charge >= 0.3 is 0 Å². The van der Waals surface area contributed by atoms with Gasteiger partial charge in [0.2, 0.25) is 5.91 Å². The summed E-state index contributed by atoms with van der Waals surface area (Å²) >= 11 is 2.01. The number of hydrogen-bond donors (Lipinski definition) is 1. The third-order valence-corrected chi connectivity index (χ3v) is 5.81. The summed E-state index contributed by atoms with van der Waals surface area (Å²) in [6.07, 6.45) is 2.50. The van der Waals surface area contributed by atoms with Crippen molar-refractivity contribution >= 4 is 17.7 Å². The molecular formula is C18H26N2O2S. The Hall–Kier alpha value is -1.04. The van der Waals surface area contributed by atoms with E-state index in [4.69, 9.17) is 4.74 Å². The summed E-state index contributed by atoms with van der Waals surface area (Å²) in [7, 11) is 0. The zero-order chi connectivity index (χ0) is 15.9. The highest BCUT2D eigenvalue weighted by Gasteiger charge is 2.28. The van der Waals surface area contributed by atoms with Gasteiger partial charge in [-0.3, -0.25) is 4.79 Å². The molecule has 2 atom stereocenters. The molecule has 23 heavy (non-hydrogen) atoms. The summed E-state index contributed by atoms with van der Waals surface area (Å²) < 4.78 is 5.38. The third-order valence-electron chi connectivity index (χ3n) is 4.59. The predicted octanol–water partition coefficient (Wildman–Crippen LogP) is 2.11. The van der Waals surface area contributed by atoms with Gasteiger partial charge in [-0.05, 0) is 24.2 Å². The standard InChI is InChI=1S/C18H26N2O2S/c21-18(20-8-10-22-11-9-20)17(15-5-2-1-3-6-15)13-19-16-7-4-12-23-14-16/h1-3,5-6,16-17,19H,4,7-14H2/t16-,17-/m1/s1. The summed E-state index contributed by atoms with van der Waals surface area (Å²) in [4.78, 5) is 15.0. The molecule has 2 heterocycles. The summed E-state index contributed by atoms with van der Waals surface area (Å²) in [5.74, 6) is 2.57. The molecule has 0 saturated carbocycles. The number of amides is 1. The van der Waals surface area contributed by atoms with E-state index >= 15 is 0 Å². The van der Waals surface area contributed by atoms with Crippen LogP contribution in [0.15, 0.2) is 30.3 Å². The van der Waals surface area contributed by atoms with Crippen LogP contribution in [0.4, 0.5) is 0 Å². The van der Waals surface area contributed by atoms with Gasteiger partial charge in [0, 0.05) is 31.4 Å². The molecule has 1 aromatic carbocycles. The van der Waals surface area contributed by atoms with E-state index in [0.717, 1.165) is 17.9 Å². The molecule has 2 saturated heterocycles. The van der Waals surface area contributed by atoms with E-state index in [-0.39, 0.29) is 11.8 Å². The van der Waals surface area contributed by atoms with Gasteiger partial charge in [-0.25, -0.2) is 0 Å². The molecular weight excluding hydrogens is 308 g/mol. The average Bonchev–Trinajstić information content (AvgIpc) is 2.64. The predicted molar refractivity (Wildman–Crippen MR) is 94.9 cm³/mol. The molecule has 126 valence electrons. The van der Waals surface area contributed by atoms with Crippen LogP contribution in [0.1, 0.15) is 24.3 Å². The van der Waals surface area contributed by atoms with Gasteiger partial charge in [-0.1, -0.05) is 30.3 Å². The van der Waals surface area contributed by atoms with Gasteiger partial charge in [0.15, 0.2) is 0 Å². The minimum Gasteiger partial charge on any atom is -0.378 e. The van der Waals surface area contributed by atoms with Crippen LogP contribution >= 0.6 is 11.8 Å². The molecule has 0 radical (unpaired) electrons. The van der Waals surface area contributed by atoms with Crippen LogP contribution in [-0.4, -0.2) is 61.2 Å². The Kier molecular flexibility index (Phi) is 6.37. The van der Waals surface area contributed by atoms with Crippen molar-refractivity contribution in [2.45, 2.75) is 24.8 Å². The van der Waals surface area contributed by atoms with Crippen molar-refractivity contribution in [3.63, 3.8) is 0 Å². The quantitative estimate of drug-likeness (QED) is 0.895. The number of benzene rings is 1. The lowest BCUT2D eigenvalue weighted by Crippen LogP contribution is -2.46. The number of ether oxygens (including phenoxy) is 1. The molecule has 0 unspecified atom stereocenters. The van der Waals surface area contributed by atoms with Crippen LogP contribution in [0.3, 0.4) is 0 Å². The van der Waals surface area contributed by atoms with Crippen molar-refractivity contribution in [2.75, 3.05) is 44.4 Å². The van der Waals surface area contributed by atoms with Crippen LogP contribution in [-0.2, 0) is 9.53 Å². The molecule has 0 aromatic heterocycles. The van der Waals surface area contributed by atoms with Gasteiger partial charge in [-0.15, -0.1) is 0 Å². The third kappa shape index (κ3) is 4.72. The van der Waals surface area contributed by atoms with Gasteiger partial charge in [0.05, 0.1) is 19.1 Å². The minimum absolute atomic E-state index is 0.0961. The molecule has 2 fully saturated rings. The smallest absolute Gasteiger partial charge is 0.231 e. The number of carbonyl (C=O) groups is 1. The molecule has 4 nitrogen and oxygen atoms in total. The van der Waals surface area contributed by atoms with Crippen molar-refractivity contribution in [3.8, 4) is 0 Å². The Bertz CT molecular complexity index is 485. The summed E-state index contributed by atoms with van der Waals surface area (Å²) in [5.41, 5.74) is 1.11. The second-order valence-corrected chi connectivity index (χ2v) is 7.37. The molecule has 0 bridgehead atoms. The number of morpholine rings is 1. The zero-order valence-corrected chi connectivity index (χ0v) is 14.4. The number of nitrogens with one attached hydrogen (secondary N) is 1. The number of thioether (sulfide) groups is 1. The highest BCUT2D eigenvalue weighted by Crippen LogP contribution is 2.21. The number of rotatable bonds is 5. The maximum absolute atomic E-state index is 13.0. The van der Waals surface area contributed by atoms with E-state index in [2.05, 4.69) is 17.4 Å². The molecule has 0 spiro atoms. The fourth-order valence-corrected chi connectivity index (χ4v) is 4.33. The average molecular weight is 334 g/mol. The fraction of sp³-hybridized carbons (Fsp3) is 0.611. The lowest BCUT2D eigenvalue weighted by atomic mass is 9.96. The van der Waals surface area contributed by atoms with E-state index in [1.807, 2.05) is 34.9 Å². The second-order valence-electron chi connectivity index (χ2n) is 6.22. The van der Waals surface area contributed by atoms with Crippen molar-refractivity contribution < 1.29 is 9.53 Å². The van der Waals surface area contributed by atoms with Crippen LogP contribution in [0.25, 0.3) is 0 Å². The van der Waals surface area contributed by atoms with Crippen molar-refractivity contribution in [1.82, 2.24) is 10.2 Å². The number of carbonyl (C=O) groups excluding carboxylic acids is 1. The molecule has 1 amide bonds. The Labute approximate surface area is 143 Å². The summed E-state index contributed by atoms with van der Waals surface area (Å²) in [6, 6.07) is 10.7. The Morgan fingerprint density at radius 3 is 2.78 bits per heavy atom. The minimum atomic E-state index is -0.0961. The van der Waals surface area contributed by atoms with Gasteiger partial charge in [0.25, 0.3) is 0 Å². The maximum atomic E-state index is 13.0. The van der Waals surface area contributed by atoms with Gasteiger partial charge in [-0.2, -0.15) is 11.8 Å². The molecule has 2 aliphatic heterocycles. The van der Waals surface area contributed by atoms with Crippen LogP contribution < -0.4 is 5.32 Å². The van der Waals surface area contributed by atoms with Crippen LogP contribution in [0, 0.1) is 0 Å². The normalized spacial score (nSPS) is 23.5. The molecule has 2 aliphatic rings. The SMILES string of the molecule is O=C([C@H](CN[C@@H]1CCCSC1)c1ccccc1)N1CCOCC1. The second kappa shape index (κ2) is 8.71. The topological polar surface area (TPSA) is 41.6 Å². The highest BCUT2D eigenvalue weighted by molar-refractivity contribution is 7.99. The monoisotopic (exact) mass is 334 g/mol. The van der Waals surface area contributed by atoms with Crippen molar-refractivity contribution in [1.29, 1.82) is 0 Å². The zero-order valence-electron chi connectivity index (χ0n) is 13.6. The lowest BCUT2D eigenvalue weighted by Gasteiger charge is -2.32. The van der Waals surface area contributed by atoms with E-state index in [1.165, 1.54) is 18.6 Å². The Balaban J connectivity index is 1.66. The molecule has 0 aliphatic carbocycles. The van der Waals surface area contributed by atoms with Gasteiger partial charge < -0.3 is 15.0 Å². The number of hydrogen-bond acceptors (Lipinski definition) is 4. The van der Waals surface area contributed by atoms with Gasteiger partial charge in [0.1, 0.15) is 0 Å². The van der Waals surface area contributed by atoms with Crippen molar-refractivity contribution in [3.05, 3.63) is 35.9 Å². The first-order chi connectivity index (χ1) is 11.3. The van der Waals surface area contributed by atoms with Crippen LogP contribution in [0.2, 0.25) is 0 Å². The largest absolute Gasteiger partial charge is 0.378 e. The first kappa shape index (κ1) is 16.8. The maximum Gasteiger partial charge on any atom is 0.231 e. The Morgan fingerprint density at radius 2 is 2.09 bits per heavy atom. The first-order valence-electron chi connectivity index (χ1n) is 8.57. The Morgan fingerprint density at radius 1 is 1.30 bits per heavy atom. The van der Waals surface area contributed by atoms with E-state index < -0.39 is 0 Å². The molecule has 1 N–H and O–H groups in total. The molecule has 1 aromatic rings. The first-order valence-corrected chi connectivity index (χ1v) is 9.72. The van der Waals surface area contributed by atoms with E-state index in [0.29, 0.717) is 32.3 Å². The van der Waals surface area contributed by atoms with E-state index in [9.17, 15) is 4.79 Å².